The molecule has 0 fully saturated rings. The Kier molecular flexibility index (Phi) is 6.45. The molecule has 0 amide bonds. The molecule has 0 radical (unpaired) electrons. The average molecular weight is 375 g/mol. The molecule has 3 rings (SSSR count). The first-order chi connectivity index (χ1) is 11.8. The molecule has 0 heterocycles. The summed E-state index contributed by atoms with van der Waals surface area (Å²) in [4.78, 5) is 0. The highest BCUT2D eigenvalue weighted by Crippen LogP contribution is 2.51. The van der Waals surface area contributed by atoms with Crippen LogP contribution in [0.1, 0.15) is 0 Å². The molecule has 0 spiro atoms. The zero-order valence-electron chi connectivity index (χ0n) is 13.7. The second kappa shape index (κ2) is 8.37. The Morgan fingerprint density at radius 1 is 0.600 bits per heavy atom. The first kappa shape index (κ1) is 19.3. The van der Waals surface area contributed by atoms with Gasteiger partial charge in [-0.1, -0.05) is 54.6 Å². The Morgan fingerprint density at radius 2 is 0.800 bits per heavy atom. The van der Waals surface area contributed by atoms with Crippen LogP contribution in [0.15, 0.2) is 91.0 Å². The van der Waals surface area contributed by atoms with Crippen molar-refractivity contribution in [2.24, 2.45) is 0 Å². The molecule has 0 atom stereocenters. The van der Waals surface area contributed by atoms with Crippen molar-refractivity contribution in [3.8, 4) is 0 Å². The standard InChI is InChI=1S/C19H18P.H2O4S/c1-20(17-11-5-2-6-12-17,18-13-7-3-8-14-18)19-15-9-4-10-16-19;1-5(2,3)4/h2-16H,1H3;(H2,1,2,3,4)/q+1;. The maximum Gasteiger partial charge on any atom is 0.394 e. The molecule has 130 valence electrons. The predicted octanol–water partition coefficient (Wildman–Crippen LogP) is 2.96. The summed E-state index contributed by atoms with van der Waals surface area (Å²) >= 11 is 0. The molecule has 6 heteroatoms. The summed E-state index contributed by atoms with van der Waals surface area (Å²) in [5.74, 6) is 0. The maximum atomic E-state index is 8.74. The summed E-state index contributed by atoms with van der Waals surface area (Å²) in [5, 5.41) is 4.28. The van der Waals surface area contributed by atoms with Gasteiger partial charge in [0.05, 0.1) is 6.66 Å². The van der Waals surface area contributed by atoms with Crippen LogP contribution in [-0.4, -0.2) is 24.2 Å². The van der Waals surface area contributed by atoms with Crippen molar-refractivity contribution in [1.82, 2.24) is 0 Å². The van der Waals surface area contributed by atoms with E-state index in [1.54, 1.807) is 0 Å². The zero-order chi connectivity index (χ0) is 18.3. The van der Waals surface area contributed by atoms with Gasteiger partial charge in [-0.2, -0.15) is 8.42 Å². The summed E-state index contributed by atoms with van der Waals surface area (Å²) in [6, 6.07) is 32.6. The molecule has 4 nitrogen and oxygen atoms in total. The smallest absolute Gasteiger partial charge is 0.264 e. The van der Waals surface area contributed by atoms with Gasteiger partial charge in [0, 0.05) is 0 Å². The van der Waals surface area contributed by atoms with Crippen LogP contribution in [0.2, 0.25) is 0 Å². The molecule has 0 aliphatic carbocycles. The molecule has 0 aromatic heterocycles. The lowest BCUT2D eigenvalue weighted by molar-refractivity contribution is 0.381. The molecule has 0 aliphatic rings. The zero-order valence-corrected chi connectivity index (χ0v) is 15.4. The molecule has 0 bridgehead atoms. The lowest BCUT2D eigenvalue weighted by Gasteiger charge is -2.22. The Balaban J connectivity index is 0.000000399. The van der Waals surface area contributed by atoms with Crippen molar-refractivity contribution in [2.75, 3.05) is 6.66 Å². The van der Waals surface area contributed by atoms with Crippen LogP contribution < -0.4 is 15.9 Å². The van der Waals surface area contributed by atoms with Crippen LogP contribution >= 0.6 is 7.26 Å². The van der Waals surface area contributed by atoms with Crippen molar-refractivity contribution < 1.29 is 17.5 Å². The maximum absolute atomic E-state index is 8.74. The highest BCUT2D eigenvalue weighted by Gasteiger charge is 2.39. The monoisotopic (exact) mass is 375 g/mol. The van der Waals surface area contributed by atoms with E-state index >= 15 is 0 Å². The Morgan fingerprint density at radius 3 is 1.00 bits per heavy atom. The van der Waals surface area contributed by atoms with E-state index < -0.39 is 17.7 Å². The SMILES string of the molecule is C[P+](c1ccccc1)(c1ccccc1)c1ccccc1.O=S(=O)(O)O. The fourth-order valence-electron chi connectivity index (χ4n) is 2.63. The number of hydrogen-bond acceptors (Lipinski definition) is 2. The molecule has 0 saturated heterocycles. The van der Waals surface area contributed by atoms with E-state index in [9.17, 15) is 0 Å². The van der Waals surface area contributed by atoms with Crippen LogP contribution in [0.25, 0.3) is 0 Å². The highest BCUT2D eigenvalue weighted by molar-refractivity contribution is 7.95. The third kappa shape index (κ3) is 5.48. The molecule has 25 heavy (non-hydrogen) atoms. The second-order valence-corrected chi connectivity index (χ2v) is 9.92. The fourth-order valence-corrected chi connectivity index (χ4v) is 5.83. The quantitative estimate of drug-likeness (QED) is 0.545. The van der Waals surface area contributed by atoms with Crippen molar-refractivity contribution in [2.45, 2.75) is 0 Å². The van der Waals surface area contributed by atoms with Crippen molar-refractivity contribution in [3.63, 3.8) is 0 Å². The largest absolute Gasteiger partial charge is 0.394 e. The lowest BCUT2D eigenvalue weighted by Crippen LogP contribution is -2.30. The number of benzene rings is 3. The highest BCUT2D eigenvalue weighted by atomic mass is 32.3. The van der Waals surface area contributed by atoms with Gasteiger partial charge in [-0.25, -0.2) is 0 Å². The molecule has 0 saturated carbocycles. The summed E-state index contributed by atoms with van der Waals surface area (Å²) in [7, 11) is -6.19. The van der Waals surface area contributed by atoms with Gasteiger partial charge in [-0.15, -0.1) is 0 Å². The van der Waals surface area contributed by atoms with Gasteiger partial charge in [0.1, 0.15) is 23.2 Å². The molecule has 3 aromatic rings. The Bertz CT molecular complexity index is 778. The second-order valence-electron chi connectivity index (χ2n) is 5.46. The normalized spacial score (nSPS) is 11.3. The van der Waals surface area contributed by atoms with Gasteiger partial charge >= 0.3 is 10.4 Å². The van der Waals surface area contributed by atoms with Crippen LogP contribution in [0.4, 0.5) is 0 Å². The van der Waals surface area contributed by atoms with Gasteiger partial charge in [-0.3, -0.25) is 9.11 Å². The van der Waals surface area contributed by atoms with Gasteiger partial charge in [-0.05, 0) is 36.4 Å². The van der Waals surface area contributed by atoms with Gasteiger partial charge in [0.25, 0.3) is 0 Å². The van der Waals surface area contributed by atoms with E-state index in [0.29, 0.717) is 0 Å². The van der Waals surface area contributed by atoms with Crippen LogP contribution in [-0.2, 0) is 10.4 Å². The van der Waals surface area contributed by atoms with Gasteiger partial charge in [0.15, 0.2) is 0 Å². The third-order valence-corrected chi connectivity index (χ3v) is 7.81. The number of hydrogen-bond donors (Lipinski definition) is 2. The van der Waals surface area contributed by atoms with E-state index in [1.807, 2.05) is 0 Å². The topological polar surface area (TPSA) is 74.6 Å². The minimum atomic E-state index is -4.67. The van der Waals surface area contributed by atoms with Gasteiger partial charge < -0.3 is 0 Å². The van der Waals surface area contributed by atoms with E-state index in [-0.39, 0.29) is 0 Å². The first-order valence-electron chi connectivity index (χ1n) is 7.55. The number of rotatable bonds is 3. The first-order valence-corrected chi connectivity index (χ1v) is 11.2. The average Bonchev–Trinajstić information content (AvgIpc) is 2.62. The van der Waals surface area contributed by atoms with Crippen molar-refractivity contribution in [3.05, 3.63) is 91.0 Å². The molecule has 3 aromatic carbocycles. The summed E-state index contributed by atoms with van der Waals surface area (Å²) in [6.45, 7) is 2.41. The summed E-state index contributed by atoms with van der Waals surface area (Å²) in [6.07, 6.45) is 0. The molecule has 0 aliphatic heterocycles. The minimum absolute atomic E-state index is 1.43. The molecular formula is C19H20O4PS+. The van der Waals surface area contributed by atoms with E-state index in [4.69, 9.17) is 17.5 Å². The van der Waals surface area contributed by atoms with Crippen LogP contribution in [0.5, 0.6) is 0 Å². The van der Waals surface area contributed by atoms with E-state index in [2.05, 4.69) is 97.7 Å². The van der Waals surface area contributed by atoms with Crippen LogP contribution in [0.3, 0.4) is 0 Å². The molecular weight excluding hydrogens is 355 g/mol. The third-order valence-electron chi connectivity index (χ3n) is 3.82. The Hall–Kier alpha value is -2.04. The predicted molar refractivity (Wildman–Crippen MR) is 105 cm³/mol. The Labute approximate surface area is 149 Å². The van der Waals surface area contributed by atoms with Crippen molar-refractivity contribution in [1.29, 1.82) is 0 Å². The molecule has 2 N–H and O–H groups in total. The summed E-state index contributed by atoms with van der Waals surface area (Å²) < 4.78 is 31.6. The van der Waals surface area contributed by atoms with E-state index in [0.717, 1.165) is 0 Å². The lowest BCUT2D eigenvalue weighted by atomic mass is 10.4. The summed E-state index contributed by atoms with van der Waals surface area (Å²) in [5.41, 5.74) is 0. The fraction of sp³-hybridized carbons (Fsp3) is 0.0526. The van der Waals surface area contributed by atoms with Crippen LogP contribution in [0, 0.1) is 0 Å². The van der Waals surface area contributed by atoms with Crippen molar-refractivity contribution >= 4 is 33.6 Å². The van der Waals surface area contributed by atoms with Gasteiger partial charge in [0.2, 0.25) is 0 Å². The molecule has 0 unspecified atom stereocenters. The van der Waals surface area contributed by atoms with E-state index in [1.165, 1.54) is 15.9 Å². The minimum Gasteiger partial charge on any atom is -0.264 e.